The normalized spacial score (nSPS) is 12.0. The fourth-order valence-electron chi connectivity index (χ4n) is 2.03. The number of para-hydroxylation sites is 1. The number of aromatic nitrogens is 4. The Balaban J connectivity index is 1.74. The molecule has 9 heteroatoms. The molecule has 2 aromatic carbocycles. The number of benzene rings is 2. The number of carbonyl (C=O) groups is 1. The van der Waals surface area contributed by atoms with Crippen LogP contribution in [0.5, 0.6) is 0 Å². The second-order valence-electron chi connectivity index (χ2n) is 5.08. The van der Waals surface area contributed by atoms with Gasteiger partial charge in [0.15, 0.2) is 0 Å². The Morgan fingerprint density at radius 1 is 1.20 bits per heavy atom. The quantitative estimate of drug-likeness (QED) is 0.707. The molecule has 128 valence electrons. The zero-order valence-electron chi connectivity index (χ0n) is 13.1. The van der Waals surface area contributed by atoms with Gasteiger partial charge < -0.3 is 5.32 Å². The molecule has 0 unspecified atom stereocenters. The molecule has 0 radical (unpaired) electrons. The molecule has 3 rings (SSSR count). The standard InChI is InChI=1S/C16H13F2N5OS/c1-10(15(24)19-14-8-3-2-7-13(14)18)25-16-20-21-22-23(16)12-6-4-5-11(17)9-12/h2-10H,1H3,(H,19,24)/t10-/m0/s1. The van der Waals surface area contributed by atoms with Crippen LogP contribution < -0.4 is 5.32 Å². The lowest BCUT2D eigenvalue weighted by Crippen LogP contribution is -2.23. The zero-order chi connectivity index (χ0) is 17.8. The number of hydrogen-bond acceptors (Lipinski definition) is 5. The van der Waals surface area contributed by atoms with Gasteiger partial charge in [-0.05, 0) is 47.7 Å². The van der Waals surface area contributed by atoms with Crippen LogP contribution in [0.4, 0.5) is 14.5 Å². The van der Waals surface area contributed by atoms with Crippen molar-refractivity contribution in [3.05, 3.63) is 60.2 Å². The van der Waals surface area contributed by atoms with Crippen molar-refractivity contribution in [1.29, 1.82) is 0 Å². The molecule has 3 aromatic rings. The Hall–Kier alpha value is -2.81. The molecule has 25 heavy (non-hydrogen) atoms. The first kappa shape index (κ1) is 17.0. The van der Waals surface area contributed by atoms with Gasteiger partial charge in [0.2, 0.25) is 11.1 Å². The van der Waals surface area contributed by atoms with E-state index in [1.807, 2.05) is 0 Å². The number of thioether (sulfide) groups is 1. The molecular formula is C16H13F2N5OS. The molecule has 0 aliphatic carbocycles. The van der Waals surface area contributed by atoms with E-state index in [4.69, 9.17) is 0 Å². The van der Waals surface area contributed by atoms with Crippen LogP contribution in [-0.4, -0.2) is 31.4 Å². The average Bonchev–Trinajstić information content (AvgIpc) is 3.05. The zero-order valence-corrected chi connectivity index (χ0v) is 13.9. The summed E-state index contributed by atoms with van der Waals surface area (Å²) in [6.07, 6.45) is 0. The monoisotopic (exact) mass is 361 g/mol. The number of tetrazole rings is 1. The summed E-state index contributed by atoms with van der Waals surface area (Å²) >= 11 is 1.08. The topological polar surface area (TPSA) is 72.7 Å². The highest BCUT2D eigenvalue weighted by Crippen LogP contribution is 2.24. The van der Waals surface area contributed by atoms with E-state index in [0.717, 1.165) is 11.8 Å². The van der Waals surface area contributed by atoms with E-state index in [0.29, 0.717) is 10.8 Å². The van der Waals surface area contributed by atoms with Crippen LogP contribution in [0.1, 0.15) is 6.92 Å². The van der Waals surface area contributed by atoms with Gasteiger partial charge in [0.25, 0.3) is 0 Å². The number of anilines is 1. The summed E-state index contributed by atoms with van der Waals surface area (Å²) < 4.78 is 28.3. The van der Waals surface area contributed by atoms with Crippen LogP contribution in [-0.2, 0) is 4.79 Å². The third kappa shape index (κ3) is 4.00. The lowest BCUT2D eigenvalue weighted by molar-refractivity contribution is -0.115. The van der Waals surface area contributed by atoms with Gasteiger partial charge in [-0.2, -0.15) is 4.68 Å². The maximum Gasteiger partial charge on any atom is 0.237 e. The van der Waals surface area contributed by atoms with Gasteiger partial charge in [-0.1, -0.05) is 30.0 Å². The molecule has 1 atom stereocenters. The second-order valence-corrected chi connectivity index (χ2v) is 6.39. The van der Waals surface area contributed by atoms with E-state index >= 15 is 0 Å². The number of nitrogens with one attached hydrogen (secondary N) is 1. The molecule has 0 spiro atoms. The second kappa shape index (κ2) is 7.39. The number of hydrogen-bond donors (Lipinski definition) is 1. The van der Waals surface area contributed by atoms with Gasteiger partial charge in [0, 0.05) is 0 Å². The van der Waals surface area contributed by atoms with Gasteiger partial charge >= 0.3 is 0 Å². The van der Waals surface area contributed by atoms with Gasteiger partial charge in [0.1, 0.15) is 11.6 Å². The summed E-state index contributed by atoms with van der Waals surface area (Å²) in [6.45, 7) is 1.64. The van der Waals surface area contributed by atoms with Crippen molar-refractivity contribution >= 4 is 23.4 Å². The predicted octanol–water partition coefficient (Wildman–Crippen LogP) is 3.06. The first-order valence-electron chi connectivity index (χ1n) is 7.31. The molecule has 1 N–H and O–H groups in total. The average molecular weight is 361 g/mol. The van der Waals surface area contributed by atoms with Crippen LogP contribution in [0.2, 0.25) is 0 Å². The molecular weight excluding hydrogens is 348 g/mol. The van der Waals surface area contributed by atoms with Crippen molar-refractivity contribution in [1.82, 2.24) is 20.2 Å². The fraction of sp³-hybridized carbons (Fsp3) is 0.125. The highest BCUT2D eigenvalue weighted by Gasteiger charge is 2.20. The smallest absolute Gasteiger partial charge is 0.237 e. The largest absolute Gasteiger partial charge is 0.323 e. The Morgan fingerprint density at radius 3 is 2.76 bits per heavy atom. The minimum Gasteiger partial charge on any atom is -0.323 e. The number of halogens is 2. The van der Waals surface area contributed by atoms with E-state index in [1.54, 1.807) is 19.1 Å². The van der Waals surface area contributed by atoms with Crippen molar-refractivity contribution in [3.63, 3.8) is 0 Å². The summed E-state index contributed by atoms with van der Waals surface area (Å²) in [5.74, 6) is -1.34. The lowest BCUT2D eigenvalue weighted by atomic mass is 10.3. The molecule has 0 fully saturated rings. The molecule has 1 amide bonds. The van der Waals surface area contributed by atoms with Crippen LogP contribution in [0.15, 0.2) is 53.7 Å². The minimum atomic E-state index is -0.599. The fourth-order valence-corrected chi connectivity index (χ4v) is 2.84. The van der Waals surface area contributed by atoms with E-state index in [1.165, 1.54) is 41.1 Å². The molecule has 0 saturated heterocycles. The van der Waals surface area contributed by atoms with Crippen molar-refractivity contribution in [3.8, 4) is 5.69 Å². The number of amides is 1. The Kier molecular flexibility index (Phi) is 5.03. The predicted molar refractivity (Wildman–Crippen MR) is 89.5 cm³/mol. The lowest BCUT2D eigenvalue weighted by Gasteiger charge is -2.12. The van der Waals surface area contributed by atoms with Gasteiger partial charge in [-0.25, -0.2) is 8.78 Å². The summed E-state index contributed by atoms with van der Waals surface area (Å²) in [5, 5.41) is 13.5. The summed E-state index contributed by atoms with van der Waals surface area (Å²) in [5.41, 5.74) is 0.541. The molecule has 0 bridgehead atoms. The van der Waals surface area contributed by atoms with Crippen LogP contribution in [0.3, 0.4) is 0 Å². The Morgan fingerprint density at radius 2 is 2.00 bits per heavy atom. The summed E-state index contributed by atoms with van der Waals surface area (Å²) in [6, 6.07) is 11.7. The molecule has 1 heterocycles. The molecule has 1 aromatic heterocycles. The number of nitrogens with zero attached hydrogens (tertiary/aromatic N) is 4. The molecule has 0 aliphatic heterocycles. The van der Waals surface area contributed by atoms with Crippen LogP contribution >= 0.6 is 11.8 Å². The van der Waals surface area contributed by atoms with Gasteiger partial charge in [0.05, 0.1) is 16.6 Å². The Bertz CT molecular complexity index is 901. The first-order chi connectivity index (χ1) is 12.0. The summed E-state index contributed by atoms with van der Waals surface area (Å²) in [4.78, 5) is 12.3. The highest BCUT2D eigenvalue weighted by molar-refractivity contribution is 8.00. The number of rotatable bonds is 5. The number of carbonyl (C=O) groups excluding carboxylic acids is 1. The van der Waals surface area contributed by atoms with Crippen LogP contribution in [0.25, 0.3) is 5.69 Å². The first-order valence-corrected chi connectivity index (χ1v) is 8.19. The van der Waals surface area contributed by atoms with E-state index in [9.17, 15) is 13.6 Å². The molecule has 0 saturated carbocycles. The third-order valence-electron chi connectivity index (χ3n) is 3.28. The van der Waals surface area contributed by atoms with E-state index in [2.05, 4.69) is 20.8 Å². The summed E-state index contributed by atoms with van der Waals surface area (Å²) in [7, 11) is 0. The van der Waals surface area contributed by atoms with Crippen molar-refractivity contribution < 1.29 is 13.6 Å². The molecule has 0 aliphatic rings. The molecule has 6 nitrogen and oxygen atoms in total. The van der Waals surface area contributed by atoms with Gasteiger partial charge in [-0.15, -0.1) is 5.10 Å². The maximum atomic E-state index is 13.6. The van der Waals surface area contributed by atoms with E-state index in [-0.39, 0.29) is 5.69 Å². The Labute approximate surface area is 146 Å². The SMILES string of the molecule is C[C@H](Sc1nnnn1-c1cccc(F)c1)C(=O)Nc1ccccc1F. The minimum absolute atomic E-state index is 0.102. The van der Waals surface area contributed by atoms with Crippen molar-refractivity contribution in [2.24, 2.45) is 0 Å². The van der Waals surface area contributed by atoms with Crippen molar-refractivity contribution in [2.75, 3.05) is 5.32 Å². The van der Waals surface area contributed by atoms with Gasteiger partial charge in [-0.3, -0.25) is 4.79 Å². The highest BCUT2D eigenvalue weighted by atomic mass is 32.2. The van der Waals surface area contributed by atoms with Crippen molar-refractivity contribution in [2.45, 2.75) is 17.3 Å². The van der Waals surface area contributed by atoms with Crippen LogP contribution in [0, 0.1) is 11.6 Å². The third-order valence-corrected chi connectivity index (χ3v) is 4.31. The van der Waals surface area contributed by atoms with E-state index < -0.39 is 22.8 Å². The maximum absolute atomic E-state index is 13.6.